The van der Waals surface area contributed by atoms with Crippen molar-refractivity contribution in [1.29, 1.82) is 0 Å². The molecule has 9 heteroatoms. The first-order chi connectivity index (χ1) is 9.88. The number of fused-ring (bicyclic) bond motifs is 3. The highest BCUT2D eigenvalue weighted by atomic mass is 32.2. The first-order valence-corrected chi connectivity index (χ1v) is 6.99. The minimum absolute atomic E-state index is 0.0761. The molecule has 0 spiro atoms. The Labute approximate surface area is 121 Å². The lowest BCUT2D eigenvalue weighted by Gasteiger charge is -2.09. The van der Waals surface area contributed by atoms with Gasteiger partial charge in [0.05, 0.1) is 0 Å². The number of hydrogen-bond donors (Lipinski definition) is 0. The summed E-state index contributed by atoms with van der Waals surface area (Å²) in [5.74, 6) is -1.09. The van der Waals surface area contributed by atoms with Gasteiger partial charge in [0.15, 0.2) is 11.3 Å². The van der Waals surface area contributed by atoms with Crippen LogP contribution in [0.25, 0.3) is 16.8 Å². The zero-order valence-corrected chi connectivity index (χ0v) is 11.9. The lowest BCUT2D eigenvalue weighted by molar-refractivity contribution is -0.145. The van der Waals surface area contributed by atoms with Crippen molar-refractivity contribution in [2.24, 2.45) is 0 Å². The van der Waals surface area contributed by atoms with E-state index in [1.807, 2.05) is 13.8 Å². The first kappa shape index (κ1) is 14.1. The molecule has 0 fully saturated rings. The minimum Gasteiger partial charge on any atom is -0.251 e. The van der Waals surface area contributed by atoms with Gasteiger partial charge in [-0.05, 0) is 12.1 Å². The number of thioether (sulfide) groups is 1. The highest BCUT2D eigenvalue weighted by Gasteiger charge is 2.38. The van der Waals surface area contributed by atoms with Gasteiger partial charge in [0.2, 0.25) is 5.82 Å². The molecule has 0 unspecified atom stereocenters. The molecule has 21 heavy (non-hydrogen) atoms. The molecule has 5 nitrogen and oxygen atoms in total. The van der Waals surface area contributed by atoms with E-state index >= 15 is 0 Å². The van der Waals surface area contributed by atoms with E-state index < -0.39 is 12.0 Å². The Morgan fingerprint density at radius 1 is 1.19 bits per heavy atom. The summed E-state index contributed by atoms with van der Waals surface area (Å²) in [6, 6.07) is 3.24. The molecule has 3 heterocycles. The Hall–Kier alpha value is -1.90. The second-order valence-corrected chi connectivity index (χ2v) is 6.18. The molecule has 0 saturated heterocycles. The molecule has 0 amide bonds. The molecule has 0 radical (unpaired) electrons. The van der Waals surface area contributed by atoms with Crippen LogP contribution in [0.1, 0.15) is 19.7 Å². The second-order valence-electron chi connectivity index (χ2n) is 4.61. The van der Waals surface area contributed by atoms with Gasteiger partial charge in [-0.25, -0.2) is 9.97 Å². The Balaban J connectivity index is 2.42. The summed E-state index contributed by atoms with van der Waals surface area (Å²) in [4.78, 5) is 8.34. The van der Waals surface area contributed by atoms with Crippen molar-refractivity contribution in [1.82, 2.24) is 24.6 Å². The molecule has 0 bridgehead atoms. The average molecular weight is 313 g/mol. The first-order valence-electron chi connectivity index (χ1n) is 6.11. The van der Waals surface area contributed by atoms with E-state index in [1.54, 1.807) is 12.1 Å². The molecule has 0 aliphatic rings. The molecule has 3 aromatic rings. The van der Waals surface area contributed by atoms with E-state index in [4.69, 9.17) is 0 Å². The van der Waals surface area contributed by atoms with Crippen LogP contribution in [0.4, 0.5) is 13.2 Å². The molecular weight excluding hydrogens is 303 g/mol. The summed E-state index contributed by atoms with van der Waals surface area (Å²) in [6.07, 6.45) is -3.19. The molecule has 0 atom stereocenters. The van der Waals surface area contributed by atoms with Crippen molar-refractivity contribution < 1.29 is 13.2 Å². The maximum atomic E-state index is 13.1. The van der Waals surface area contributed by atoms with Crippen LogP contribution in [-0.2, 0) is 6.18 Å². The monoisotopic (exact) mass is 313 g/mol. The van der Waals surface area contributed by atoms with Crippen LogP contribution in [0.15, 0.2) is 23.4 Å². The predicted octanol–water partition coefficient (Wildman–Crippen LogP) is 3.19. The smallest absolute Gasteiger partial charge is 0.251 e. The van der Waals surface area contributed by atoms with Gasteiger partial charge in [0, 0.05) is 11.4 Å². The quantitative estimate of drug-likeness (QED) is 0.680. The number of alkyl halides is 3. The van der Waals surface area contributed by atoms with Gasteiger partial charge in [0.25, 0.3) is 0 Å². The van der Waals surface area contributed by atoms with Gasteiger partial charge < -0.3 is 0 Å². The maximum Gasteiger partial charge on any atom is 0.452 e. The third-order valence-electron chi connectivity index (χ3n) is 2.66. The summed E-state index contributed by atoms with van der Waals surface area (Å²) in [5.41, 5.74) is 0.545. The van der Waals surface area contributed by atoms with E-state index in [-0.39, 0.29) is 16.5 Å². The van der Waals surface area contributed by atoms with Crippen LogP contribution < -0.4 is 0 Å². The summed E-state index contributed by atoms with van der Waals surface area (Å²) in [7, 11) is 0. The summed E-state index contributed by atoms with van der Waals surface area (Å²) < 4.78 is 40.2. The summed E-state index contributed by atoms with van der Waals surface area (Å²) in [6.45, 7) is 3.86. The van der Waals surface area contributed by atoms with E-state index in [9.17, 15) is 13.2 Å². The third-order valence-corrected chi connectivity index (χ3v) is 3.62. The average Bonchev–Trinajstić information content (AvgIpc) is 2.83. The number of pyridine rings is 1. The van der Waals surface area contributed by atoms with E-state index in [0.717, 1.165) is 4.40 Å². The fourth-order valence-corrected chi connectivity index (χ4v) is 2.75. The van der Waals surface area contributed by atoms with Gasteiger partial charge >= 0.3 is 6.18 Å². The second kappa shape index (κ2) is 4.83. The van der Waals surface area contributed by atoms with E-state index in [0.29, 0.717) is 10.5 Å². The highest BCUT2D eigenvalue weighted by molar-refractivity contribution is 8.00. The highest BCUT2D eigenvalue weighted by Crippen LogP contribution is 2.33. The lowest BCUT2D eigenvalue weighted by Crippen LogP contribution is -2.12. The van der Waals surface area contributed by atoms with Crippen LogP contribution in [0.3, 0.4) is 0 Å². The number of aromatic nitrogens is 5. The molecule has 0 aliphatic carbocycles. The Bertz CT molecular complexity index is 812. The Kier molecular flexibility index (Phi) is 3.23. The SMILES string of the molecule is CC(C)Sc1nc2cccnc2n2c(C(F)(F)F)nnc12. The number of hydrogen-bond acceptors (Lipinski definition) is 5. The predicted molar refractivity (Wildman–Crippen MR) is 72.1 cm³/mol. The normalized spacial score (nSPS) is 12.7. The number of rotatable bonds is 2. The largest absolute Gasteiger partial charge is 0.452 e. The van der Waals surface area contributed by atoms with E-state index in [1.165, 1.54) is 18.0 Å². The van der Waals surface area contributed by atoms with Crippen molar-refractivity contribution >= 4 is 28.6 Å². The van der Waals surface area contributed by atoms with Gasteiger partial charge in [0.1, 0.15) is 10.5 Å². The summed E-state index contributed by atoms with van der Waals surface area (Å²) in [5, 5.41) is 7.50. The standard InChI is InChI=1S/C12H10F3N5S/c1-6(2)21-10-9-18-19-11(12(13,14)15)20(9)8-7(17-10)4-3-5-16-8/h3-6H,1-2H3. The zero-order chi connectivity index (χ0) is 15.2. The molecule has 3 aromatic heterocycles. The molecule has 110 valence electrons. The summed E-state index contributed by atoms with van der Waals surface area (Å²) >= 11 is 1.34. The van der Waals surface area contributed by atoms with Crippen LogP contribution in [0.2, 0.25) is 0 Å². The fourth-order valence-electron chi connectivity index (χ4n) is 1.92. The van der Waals surface area contributed by atoms with Gasteiger partial charge in [-0.2, -0.15) is 13.2 Å². The minimum atomic E-state index is -4.61. The van der Waals surface area contributed by atoms with Gasteiger partial charge in [-0.1, -0.05) is 25.6 Å². The van der Waals surface area contributed by atoms with Gasteiger partial charge in [-0.15, -0.1) is 10.2 Å². The van der Waals surface area contributed by atoms with Crippen molar-refractivity contribution in [2.45, 2.75) is 30.3 Å². The third kappa shape index (κ3) is 2.41. The van der Waals surface area contributed by atoms with E-state index in [2.05, 4.69) is 20.2 Å². The van der Waals surface area contributed by atoms with Gasteiger partial charge in [-0.3, -0.25) is 4.40 Å². The lowest BCUT2D eigenvalue weighted by atomic mass is 10.4. The van der Waals surface area contributed by atoms with Crippen LogP contribution in [0, 0.1) is 0 Å². The number of nitrogens with zero attached hydrogens (tertiary/aromatic N) is 5. The molecule has 0 N–H and O–H groups in total. The van der Waals surface area contributed by atoms with Crippen molar-refractivity contribution in [3.05, 3.63) is 24.2 Å². The molecule has 0 saturated carbocycles. The number of halogens is 3. The fraction of sp³-hybridized carbons (Fsp3) is 0.333. The molecule has 3 rings (SSSR count). The van der Waals surface area contributed by atoms with Crippen LogP contribution in [-0.4, -0.2) is 29.8 Å². The van der Waals surface area contributed by atoms with Crippen molar-refractivity contribution in [2.75, 3.05) is 0 Å². The Morgan fingerprint density at radius 3 is 2.62 bits per heavy atom. The van der Waals surface area contributed by atoms with Crippen molar-refractivity contribution in [3.8, 4) is 0 Å². The van der Waals surface area contributed by atoms with Crippen molar-refractivity contribution in [3.63, 3.8) is 0 Å². The topological polar surface area (TPSA) is 56.0 Å². The van der Waals surface area contributed by atoms with Crippen LogP contribution >= 0.6 is 11.8 Å². The Morgan fingerprint density at radius 2 is 1.95 bits per heavy atom. The molecule has 0 aromatic carbocycles. The molecule has 0 aliphatic heterocycles. The zero-order valence-electron chi connectivity index (χ0n) is 11.1. The maximum absolute atomic E-state index is 13.1. The molecular formula is C12H10F3N5S. The van der Waals surface area contributed by atoms with Crippen LogP contribution in [0.5, 0.6) is 0 Å².